The number of methoxy groups -OCH3 is 1. The molecule has 3 aromatic rings. The van der Waals surface area contributed by atoms with E-state index in [-0.39, 0.29) is 5.91 Å². The Morgan fingerprint density at radius 1 is 1.00 bits per heavy atom. The third-order valence-electron chi connectivity index (χ3n) is 3.47. The zero-order chi connectivity index (χ0) is 16.8. The minimum atomic E-state index is -0.0112. The van der Waals surface area contributed by atoms with Crippen molar-refractivity contribution in [3.63, 3.8) is 0 Å². The van der Waals surface area contributed by atoms with Gasteiger partial charge in [0.05, 0.1) is 19.2 Å². The van der Waals surface area contributed by atoms with E-state index in [2.05, 4.69) is 10.6 Å². The Bertz CT molecular complexity index is 798. The standard InChI is InChI=1S/C19H18N2O2S/c1-23-18-7-3-2-6-17(18)20-14-8-10-15(11-9-14)21-19(22)13-16-5-4-12-24-16/h2-12,20H,13H2,1H3,(H,21,22). The molecule has 0 unspecified atom stereocenters. The van der Waals surface area contributed by atoms with E-state index >= 15 is 0 Å². The first-order chi connectivity index (χ1) is 11.7. The van der Waals surface area contributed by atoms with Gasteiger partial charge in [0.15, 0.2) is 0 Å². The zero-order valence-electron chi connectivity index (χ0n) is 13.3. The predicted molar refractivity (Wildman–Crippen MR) is 99.4 cm³/mol. The monoisotopic (exact) mass is 338 g/mol. The Morgan fingerprint density at radius 2 is 1.75 bits per heavy atom. The van der Waals surface area contributed by atoms with Crippen LogP contribution < -0.4 is 15.4 Å². The largest absolute Gasteiger partial charge is 0.495 e. The molecule has 0 aliphatic carbocycles. The lowest BCUT2D eigenvalue weighted by molar-refractivity contribution is -0.115. The van der Waals surface area contributed by atoms with Crippen molar-refractivity contribution in [1.29, 1.82) is 0 Å². The molecule has 2 aromatic carbocycles. The lowest BCUT2D eigenvalue weighted by Crippen LogP contribution is -2.13. The maximum Gasteiger partial charge on any atom is 0.229 e. The van der Waals surface area contributed by atoms with Crippen molar-refractivity contribution in [2.75, 3.05) is 17.7 Å². The molecule has 0 saturated heterocycles. The first kappa shape index (κ1) is 16.1. The number of anilines is 3. The van der Waals surface area contributed by atoms with Crippen LogP contribution in [0.4, 0.5) is 17.1 Å². The Hall–Kier alpha value is -2.79. The first-order valence-corrected chi connectivity index (χ1v) is 8.45. The van der Waals surface area contributed by atoms with Crippen LogP contribution in [0.5, 0.6) is 5.75 Å². The lowest BCUT2D eigenvalue weighted by atomic mass is 10.2. The predicted octanol–water partition coefficient (Wildman–Crippen LogP) is 4.68. The highest BCUT2D eigenvalue weighted by Gasteiger charge is 2.06. The van der Waals surface area contributed by atoms with Crippen LogP contribution in [0.1, 0.15) is 4.88 Å². The third kappa shape index (κ3) is 4.14. The first-order valence-electron chi connectivity index (χ1n) is 7.57. The summed E-state index contributed by atoms with van der Waals surface area (Å²) >= 11 is 1.59. The van der Waals surface area contributed by atoms with E-state index in [4.69, 9.17) is 4.74 Å². The van der Waals surface area contributed by atoms with Crippen molar-refractivity contribution in [2.24, 2.45) is 0 Å². The number of ether oxygens (including phenoxy) is 1. The van der Waals surface area contributed by atoms with Gasteiger partial charge in [-0.25, -0.2) is 0 Å². The number of carbonyl (C=O) groups excluding carboxylic acids is 1. The van der Waals surface area contributed by atoms with Crippen LogP contribution >= 0.6 is 11.3 Å². The number of thiophene rings is 1. The number of rotatable bonds is 6. The van der Waals surface area contributed by atoms with Gasteiger partial charge in [-0.1, -0.05) is 18.2 Å². The topological polar surface area (TPSA) is 50.4 Å². The summed E-state index contributed by atoms with van der Waals surface area (Å²) in [5, 5.41) is 8.19. The maximum atomic E-state index is 12.0. The lowest BCUT2D eigenvalue weighted by Gasteiger charge is -2.11. The summed E-state index contributed by atoms with van der Waals surface area (Å²) in [6, 6.07) is 19.3. The molecule has 0 bridgehead atoms. The van der Waals surface area contributed by atoms with Gasteiger partial charge in [-0.2, -0.15) is 0 Å². The maximum absolute atomic E-state index is 12.0. The quantitative estimate of drug-likeness (QED) is 0.686. The van der Waals surface area contributed by atoms with Gasteiger partial charge in [-0.15, -0.1) is 11.3 Å². The molecule has 1 amide bonds. The molecule has 24 heavy (non-hydrogen) atoms. The minimum absolute atomic E-state index is 0.0112. The van der Waals surface area contributed by atoms with Crippen molar-refractivity contribution in [3.8, 4) is 5.75 Å². The van der Waals surface area contributed by atoms with Crippen molar-refractivity contribution < 1.29 is 9.53 Å². The van der Waals surface area contributed by atoms with Crippen molar-refractivity contribution in [3.05, 3.63) is 70.9 Å². The Kier molecular flexibility index (Phi) is 5.13. The molecule has 2 N–H and O–H groups in total. The molecule has 0 radical (unpaired) electrons. The van der Waals surface area contributed by atoms with E-state index in [1.165, 1.54) is 0 Å². The second kappa shape index (κ2) is 7.66. The molecule has 3 rings (SSSR count). The smallest absolute Gasteiger partial charge is 0.229 e. The van der Waals surface area contributed by atoms with Crippen molar-refractivity contribution in [1.82, 2.24) is 0 Å². The fourth-order valence-corrected chi connectivity index (χ4v) is 3.02. The van der Waals surface area contributed by atoms with Crippen LogP contribution in [0.2, 0.25) is 0 Å². The van der Waals surface area contributed by atoms with E-state index < -0.39 is 0 Å². The molecule has 4 nitrogen and oxygen atoms in total. The number of para-hydroxylation sites is 2. The molecule has 1 aromatic heterocycles. The molecule has 122 valence electrons. The summed E-state index contributed by atoms with van der Waals surface area (Å²) < 4.78 is 5.33. The van der Waals surface area contributed by atoms with Crippen LogP contribution in [0, 0.1) is 0 Å². The van der Waals surface area contributed by atoms with Gasteiger partial charge < -0.3 is 15.4 Å². The summed E-state index contributed by atoms with van der Waals surface area (Å²) in [4.78, 5) is 13.1. The highest BCUT2D eigenvalue weighted by molar-refractivity contribution is 7.10. The summed E-state index contributed by atoms with van der Waals surface area (Å²) in [5.41, 5.74) is 2.60. The average Bonchev–Trinajstić information content (AvgIpc) is 3.10. The fraction of sp³-hybridized carbons (Fsp3) is 0.105. The highest BCUT2D eigenvalue weighted by atomic mass is 32.1. The fourth-order valence-electron chi connectivity index (χ4n) is 2.32. The van der Waals surface area contributed by atoms with Gasteiger partial charge in [-0.05, 0) is 47.8 Å². The molecule has 0 aliphatic rings. The summed E-state index contributed by atoms with van der Waals surface area (Å²) in [5.74, 6) is 0.772. The van der Waals surface area contributed by atoms with Gasteiger partial charge in [0.1, 0.15) is 5.75 Å². The van der Waals surface area contributed by atoms with Crippen LogP contribution in [0.25, 0.3) is 0 Å². The Balaban J connectivity index is 1.62. The minimum Gasteiger partial charge on any atom is -0.495 e. The van der Waals surface area contributed by atoms with Crippen molar-refractivity contribution in [2.45, 2.75) is 6.42 Å². The molecule has 1 heterocycles. The number of amides is 1. The van der Waals surface area contributed by atoms with Crippen LogP contribution in [0.3, 0.4) is 0 Å². The second-order valence-electron chi connectivity index (χ2n) is 5.21. The molecule has 0 fully saturated rings. The molecular weight excluding hydrogens is 320 g/mol. The van der Waals surface area contributed by atoms with Crippen LogP contribution in [0.15, 0.2) is 66.0 Å². The number of hydrogen-bond donors (Lipinski definition) is 2. The SMILES string of the molecule is COc1ccccc1Nc1ccc(NC(=O)Cc2cccs2)cc1. The molecule has 0 saturated carbocycles. The third-order valence-corrected chi connectivity index (χ3v) is 4.35. The van der Waals surface area contributed by atoms with E-state index in [1.807, 2.05) is 66.0 Å². The second-order valence-corrected chi connectivity index (χ2v) is 6.24. The van der Waals surface area contributed by atoms with Gasteiger partial charge in [0, 0.05) is 16.3 Å². The van der Waals surface area contributed by atoms with Gasteiger partial charge in [0.25, 0.3) is 0 Å². The highest BCUT2D eigenvalue weighted by Crippen LogP contribution is 2.27. The number of hydrogen-bond acceptors (Lipinski definition) is 4. The summed E-state index contributed by atoms with van der Waals surface area (Å²) in [6.07, 6.45) is 0.402. The molecule has 5 heteroatoms. The average molecular weight is 338 g/mol. The van der Waals surface area contributed by atoms with E-state index in [0.29, 0.717) is 6.42 Å². The molecule has 0 aliphatic heterocycles. The van der Waals surface area contributed by atoms with Gasteiger partial charge >= 0.3 is 0 Å². The number of carbonyl (C=O) groups is 1. The normalized spacial score (nSPS) is 10.2. The molecular formula is C19H18N2O2S. The van der Waals surface area contributed by atoms with E-state index in [1.54, 1.807) is 18.4 Å². The number of benzene rings is 2. The Morgan fingerprint density at radius 3 is 2.46 bits per heavy atom. The number of nitrogens with one attached hydrogen (secondary N) is 2. The van der Waals surface area contributed by atoms with Gasteiger partial charge in [-0.3, -0.25) is 4.79 Å². The molecule has 0 spiro atoms. The Labute approximate surface area is 145 Å². The van der Waals surface area contributed by atoms with E-state index in [0.717, 1.165) is 27.7 Å². The van der Waals surface area contributed by atoms with Crippen molar-refractivity contribution >= 4 is 34.3 Å². The summed E-state index contributed by atoms with van der Waals surface area (Å²) in [6.45, 7) is 0. The van der Waals surface area contributed by atoms with Crippen LogP contribution in [-0.4, -0.2) is 13.0 Å². The van der Waals surface area contributed by atoms with Crippen LogP contribution in [-0.2, 0) is 11.2 Å². The molecule has 0 atom stereocenters. The van der Waals surface area contributed by atoms with Gasteiger partial charge in [0.2, 0.25) is 5.91 Å². The zero-order valence-corrected chi connectivity index (χ0v) is 14.1. The van der Waals surface area contributed by atoms with E-state index in [9.17, 15) is 4.79 Å². The summed E-state index contributed by atoms with van der Waals surface area (Å²) in [7, 11) is 1.65.